The molecule has 0 amide bonds. The van der Waals surface area contributed by atoms with Gasteiger partial charge in [-0.05, 0) is 43.4 Å². The molecule has 1 aromatic heterocycles. The molecule has 0 radical (unpaired) electrons. The number of nitrogens with zero attached hydrogens (tertiary/aromatic N) is 2. The van der Waals surface area contributed by atoms with Gasteiger partial charge in [0, 0.05) is 38.0 Å². The average molecular weight is 460 g/mol. The topological polar surface area (TPSA) is 63.7 Å². The fraction of sp³-hybridized carbons (Fsp3) is 0.600. The predicted molar refractivity (Wildman–Crippen MR) is 129 cm³/mol. The summed E-state index contributed by atoms with van der Waals surface area (Å²) in [7, 11) is 1.71. The van der Waals surface area contributed by atoms with Crippen molar-refractivity contribution in [3.8, 4) is 5.75 Å². The average Bonchev–Trinajstić information content (AvgIpc) is 3.20. The first-order valence-corrected chi connectivity index (χ1v) is 12.1. The molecule has 1 aromatic carbocycles. The second-order valence-electron chi connectivity index (χ2n) is 10.6. The second kappa shape index (κ2) is 9.49. The van der Waals surface area contributed by atoms with Crippen molar-refractivity contribution in [3.05, 3.63) is 45.9 Å². The molecule has 1 atom stereocenters. The lowest BCUT2D eigenvalue weighted by atomic mass is 9.85. The highest BCUT2D eigenvalue weighted by Crippen LogP contribution is 2.34. The summed E-state index contributed by atoms with van der Waals surface area (Å²) < 4.78 is 11.7. The van der Waals surface area contributed by atoms with E-state index in [-0.39, 0.29) is 11.4 Å². The maximum atomic E-state index is 13.6. The predicted octanol–water partition coefficient (Wildman–Crippen LogP) is 4.18. The largest absolute Gasteiger partial charge is 0.496 e. The molecule has 1 saturated heterocycles. The molecule has 0 saturated carbocycles. The monoisotopic (exact) mass is 459 g/mol. The number of rotatable bonds is 6. The summed E-state index contributed by atoms with van der Waals surface area (Å²) in [6, 6.07) is 6.39. The zero-order valence-electron chi connectivity index (χ0n) is 20.4. The van der Waals surface area contributed by atoms with E-state index in [0.717, 1.165) is 30.1 Å². The number of aromatic nitrogens is 1. The summed E-state index contributed by atoms with van der Waals surface area (Å²) in [5.74, 6) is 0.677. The van der Waals surface area contributed by atoms with Crippen LogP contribution in [-0.4, -0.2) is 53.7 Å². The molecule has 1 aliphatic heterocycles. The molecule has 7 heteroatoms. The molecular weight excluding hydrogens is 422 g/mol. The van der Waals surface area contributed by atoms with Crippen molar-refractivity contribution in [3.63, 3.8) is 0 Å². The molecule has 6 nitrogen and oxygen atoms in total. The normalized spacial score (nSPS) is 20.2. The number of ether oxygens (including phenoxy) is 2. The molecule has 1 fully saturated rings. The number of thiazole rings is 1. The van der Waals surface area contributed by atoms with Crippen molar-refractivity contribution < 1.29 is 14.3 Å². The lowest BCUT2D eigenvalue weighted by molar-refractivity contribution is -0.172. The Hall–Kier alpha value is -1.96. The number of nitrogens with one attached hydrogen (secondary N) is 1. The molecule has 0 spiro atoms. The summed E-state index contributed by atoms with van der Waals surface area (Å²) in [6.45, 7) is 15.0. The van der Waals surface area contributed by atoms with E-state index in [1.807, 2.05) is 31.7 Å². The van der Waals surface area contributed by atoms with Gasteiger partial charge in [-0.3, -0.25) is 4.90 Å². The van der Waals surface area contributed by atoms with E-state index in [2.05, 4.69) is 54.2 Å². The van der Waals surface area contributed by atoms with E-state index in [1.54, 1.807) is 18.4 Å². The summed E-state index contributed by atoms with van der Waals surface area (Å²) in [6.07, 6.45) is 0.510. The van der Waals surface area contributed by atoms with E-state index < -0.39 is 11.1 Å². The first kappa shape index (κ1) is 24.7. The standard InChI is InChI=1S/C25H37N3O3S/c1-23(2,3)20-9-8-18(12-21(20)30-7)14-28-11-10-26-16-25(28,13-19-15-32-17-27-19)22(29)31-24(4,5)6/h8-9,12,15,17,26H,10-11,13-14,16H2,1-7H3. The Labute approximate surface area is 196 Å². The Morgan fingerprint density at radius 1 is 1.25 bits per heavy atom. The molecule has 1 unspecified atom stereocenters. The number of carbonyl (C=O) groups excluding carboxylic acids is 1. The van der Waals surface area contributed by atoms with Crippen LogP contribution in [0.4, 0.5) is 0 Å². The van der Waals surface area contributed by atoms with Crippen LogP contribution < -0.4 is 10.1 Å². The molecule has 2 aromatic rings. The van der Waals surface area contributed by atoms with Crippen molar-refractivity contribution in [1.82, 2.24) is 15.2 Å². The Balaban J connectivity index is 1.97. The van der Waals surface area contributed by atoms with E-state index in [4.69, 9.17) is 9.47 Å². The second-order valence-corrected chi connectivity index (χ2v) is 11.3. The smallest absolute Gasteiger partial charge is 0.328 e. The molecule has 32 heavy (non-hydrogen) atoms. The molecule has 1 aliphatic rings. The Morgan fingerprint density at radius 3 is 2.59 bits per heavy atom. The van der Waals surface area contributed by atoms with E-state index in [9.17, 15) is 4.79 Å². The van der Waals surface area contributed by atoms with Crippen LogP contribution in [0, 0.1) is 0 Å². The fourth-order valence-electron chi connectivity index (χ4n) is 4.18. The first-order chi connectivity index (χ1) is 14.9. The minimum atomic E-state index is -0.824. The van der Waals surface area contributed by atoms with E-state index >= 15 is 0 Å². The van der Waals surface area contributed by atoms with Gasteiger partial charge < -0.3 is 14.8 Å². The van der Waals surface area contributed by atoms with Crippen LogP contribution in [0.15, 0.2) is 29.1 Å². The van der Waals surface area contributed by atoms with E-state index in [0.29, 0.717) is 19.5 Å². The van der Waals surface area contributed by atoms with Gasteiger partial charge in [-0.25, -0.2) is 9.78 Å². The van der Waals surface area contributed by atoms with Crippen molar-refractivity contribution in [2.75, 3.05) is 26.7 Å². The maximum absolute atomic E-state index is 13.6. The lowest BCUT2D eigenvalue weighted by Crippen LogP contribution is -2.67. The third-order valence-corrected chi connectivity index (χ3v) is 6.40. The molecule has 2 heterocycles. The minimum absolute atomic E-state index is 0.0101. The summed E-state index contributed by atoms with van der Waals surface area (Å²) in [5.41, 5.74) is 3.61. The molecule has 3 rings (SSSR count). The Kier molecular flexibility index (Phi) is 7.32. The van der Waals surface area contributed by atoms with Gasteiger partial charge in [0.05, 0.1) is 18.3 Å². The zero-order chi connectivity index (χ0) is 23.6. The van der Waals surface area contributed by atoms with Crippen LogP contribution in [0.25, 0.3) is 0 Å². The number of benzene rings is 1. The van der Waals surface area contributed by atoms with Gasteiger partial charge in [0.2, 0.25) is 0 Å². The highest BCUT2D eigenvalue weighted by Gasteiger charge is 2.48. The van der Waals surface area contributed by atoms with Gasteiger partial charge in [-0.2, -0.15) is 0 Å². The third-order valence-electron chi connectivity index (χ3n) is 5.76. The van der Waals surface area contributed by atoms with Gasteiger partial charge in [-0.1, -0.05) is 32.9 Å². The van der Waals surface area contributed by atoms with Gasteiger partial charge in [-0.15, -0.1) is 11.3 Å². The van der Waals surface area contributed by atoms with Crippen LogP contribution in [0.3, 0.4) is 0 Å². The maximum Gasteiger partial charge on any atom is 0.328 e. The SMILES string of the molecule is COc1cc(CN2CCNCC2(Cc2cscn2)C(=O)OC(C)(C)C)ccc1C(C)(C)C. The highest BCUT2D eigenvalue weighted by molar-refractivity contribution is 7.07. The van der Waals surface area contributed by atoms with Gasteiger partial charge in [0.15, 0.2) is 0 Å². The highest BCUT2D eigenvalue weighted by atomic mass is 32.1. The molecule has 176 valence electrons. The molecule has 0 bridgehead atoms. The van der Waals surface area contributed by atoms with Crippen LogP contribution >= 0.6 is 11.3 Å². The van der Waals surface area contributed by atoms with Crippen molar-refractivity contribution in [1.29, 1.82) is 0 Å². The summed E-state index contributed by atoms with van der Waals surface area (Å²) >= 11 is 1.55. The quantitative estimate of drug-likeness (QED) is 0.654. The van der Waals surface area contributed by atoms with Crippen LogP contribution in [0.2, 0.25) is 0 Å². The summed E-state index contributed by atoms with van der Waals surface area (Å²) in [4.78, 5) is 20.3. The van der Waals surface area contributed by atoms with Crippen molar-refractivity contribution in [2.45, 2.75) is 71.1 Å². The Bertz CT molecular complexity index is 915. The zero-order valence-corrected chi connectivity index (χ0v) is 21.3. The number of carbonyl (C=O) groups is 1. The van der Waals surface area contributed by atoms with Gasteiger partial charge >= 0.3 is 5.97 Å². The molecular formula is C25H37N3O3S. The fourth-order valence-corrected chi connectivity index (χ4v) is 4.74. The number of esters is 1. The first-order valence-electron chi connectivity index (χ1n) is 11.2. The van der Waals surface area contributed by atoms with E-state index in [1.165, 1.54) is 5.56 Å². The van der Waals surface area contributed by atoms with Crippen molar-refractivity contribution >= 4 is 17.3 Å². The van der Waals surface area contributed by atoms with Crippen LogP contribution in [0.5, 0.6) is 5.75 Å². The number of piperazine rings is 1. The van der Waals surface area contributed by atoms with Crippen molar-refractivity contribution in [2.24, 2.45) is 0 Å². The van der Waals surface area contributed by atoms with Crippen LogP contribution in [0.1, 0.15) is 58.4 Å². The molecule has 1 N–H and O–H groups in total. The number of hydrogen-bond acceptors (Lipinski definition) is 7. The minimum Gasteiger partial charge on any atom is -0.496 e. The molecule has 0 aliphatic carbocycles. The third kappa shape index (κ3) is 5.69. The summed E-state index contributed by atoms with van der Waals surface area (Å²) in [5, 5.41) is 5.44. The lowest BCUT2D eigenvalue weighted by Gasteiger charge is -2.46. The van der Waals surface area contributed by atoms with Gasteiger partial charge in [0.1, 0.15) is 16.9 Å². The number of hydrogen-bond donors (Lipinski definition) is 1. The van der Waals surface area contributed by atoms with Gasteiger partial charge in [0.25, 0.3) is 0 Å². The Morgan fingerprint density at radius 2 is 2.00 bits per heavy atom. The number of methoxy groups -OCH3 is 1. The van der Waals surface area contributed by atoms with Crippen LogP contribution in [-0.2, 0) is 27.9 Å².